The lowest BCUT2D eigenvalue weighted by Crippen LogP contribution is -2.61. The van der Waals surface area contributed by atoms with Crippen LogP contribution in [0.5, 0.6) is 0 Å². The second-order valence-corrected chi connectivity index (χ2v) is 10.2. The van der Waals surface area contributed by atoms with Gasteiger partial charge in [-0.1, -0.05) is 0 Å². The summed E-state index contributed by atoms with van der Waals surface area (Å²) in [5, 5.41) is 0. The number of nitrogens with zero attached hydrogens (tertiary/aromatic N) is 3. The molecule has 2 atom stereocenters. The van der Waals surface area contributed by atoms with Gasteiger partial charge in [-0.25, -0.2) is 0 Å². The third kappa shape index (κ3) is 3.29. The first-order valence-corrected chi connectivity index (χ1v) is 10.6. The van der Waals surface area contributed by atoms with Crippen LogP contribution in [0.25, 0.3) is 0 Å². The van der Waals surface area contributed by atoms with Crippen molar-refractivity contribution >= 4 is 0 Å². The molecule has 3 heterocycles. The fourth-order valence-electron chi connectivity index (χ4n) is 6.26. The summed E-state index contributed by atoms with van der Waals surface area (Å²) in [4.78, 5) is 8.19. The van der Waals surface area contributed by atoms with Crippen LogP contribution in [0, 0.1) is 23.2 Å². The minimum atomic E-state index is 0.703. The molecule has 3 saturated heterocycles. The quantitative estimate of drug-likeness (QED) is 0.782. The van der Waals surface area contributed by atoms with E-state index in [1.54, 1.807) is 0 Å². The van der Waals surface area contributed by atoms with Crippen molar-refractivity contribution in [3.63, 3.8) is 0 Å². The molecule has 4 aliphatic rings. The average molecular weight is 334 g/mol. The minimum absolute atomic E-state index is 0.703. The standard InChI is InChI=1S/C21H39N3/c1-16(2)23-7-5-21(6-8-23)14-22(15-21)11-18-9-19-12-24(17(3)4)13-20(19)10-18/h16-20H,5-15H2,1-4H3. The van der Waals surface area contributed by atoms with Crippen molar-refractivity contribution in [2.75, 3.05) is 45.8 Å². The molecule has 138 valence electrons. The van der Waals surface area contributed by atoms with Crippen LogP contribution in [0.15, 0.2) is 0 Å². The van der Waals surface area contributed by atoms with Crippen molar-refractivity contribution in [1.82, 2.24) is 14.7 Å². The van der Waals surface area contributed by atoms with Crippen molar-refractivity contribution in [3.05, 3.63) is 0 Å². The van der Waals surface area contributed by atoms with E-state index in [2.05, 4.69) is 42.4 Å². The summed E-state index contributed by atoms with van der Waals surface area (Å²) >= 11 is 0. The Morgan fingerprint density at radius 2 is 1.38 bits per heavy atom. The molecule has 0 aromatic heterocycles. The normalized spacial score (nSPS) is 37.5. The van der Waals surface area contributed by atoms with Crippen LogP contribution in [0.3, 0.4) is 0 Å². The number of likely N-dealkylation sites (tertiary alicyclic amines) is 3. The van der Waals surface area contributed by atoms with E-state index >= 15 is 0 Å². The SMILES string of the molecule is CC(C)N1CCC2(CC1)CN(CC1CC3CN(C(C)C)CC3C1)C2. The first kappa shape index (κ1) is 17.3. The van der Waals surface area contributed by atoms with E-state index in [0.29, 0.717) is 5.41 Å². The largest absolute Gasteiger partial charge is 0.302 e. The first-order valence-electron chi connectivity index (χ1n) is 10.6. The van der Waals surface area contributed by atoms with Crippen molar-refractivity contribution in [1.29, 1.82) is 0 Å². The predicted octanol–water partition coefficient (Wildman–Crippen LogP) is 3.16. The zero-order chi connectivity index (χ0) is 16.9. The molecule has 0 aromatic rings. The number of fused-ring (bicyclic) bond motifs is 1. The van der Waals surface area contributed by atoms with Gasteiger partial charge in [-0.05, 0) is 89.6 Å². The maximum Gasteiger partial charge on any atom is 0.00516 e. The Kier molecular flexibility index (Phi) is 4.73. The number of piperidine rings is 1. The third-order valence-corrected chi connectivity index (χ3v) is 7.83. The predicted molar refractivity (Wildman–Crippen MR) is 101 cm³/mol. The lowest BCUT2D eigenvalue weighted by Gasteiger charge is -2.55. The fourth-order valence-corrected chi connectivity index (χ4v) is 6.26. The van der Waals surface area contributed by atoms with Gasteiger partial charge in [0.1, 0.15) is 0 Å². The highest BCUT2D eigenvalue weighted by Gasteiger charge is 2.47. The zero-order valence-electron chi connectivity index (χ0n) is 16.5. The van der Waals surface area contributed by atoms with Crippen molar-refractivity contribution in [2.24, 2.45) is 23.2 Å². The van der Waals surface area contributed by atoms with Gasteiger partial charge in [-0.15, -0.1) is 0 Å². The highest BCUT2D eigenvalue weighted by atomic mass is 15.2. The van der Waals surface area contributed by atoms with E-state index in [1.807, 2.05) is 0 Å². The van der Waals surface area contributed by atoms with E-state index in [4.69, 9.17) is 0 Å². The topological polar surface area (TPSA) is 9.72 Å². The van der Waals surface area contributed by atoms with Crippen LogP contribution >= 0.6 is 0 Å². The van der Waals surface area contributed by atoms with Crippen molar-refractivity contribution < 1.29 is 0 Å². The molecule has 4 rings (SSSR count). The van der Waals surface area contributed by atoms with Gasteiger partial charge in [-0.2, -0.15) is 0 Å². The summed E-state index contributed by atoms with van der Waals surface area (Å²) in [5.41, 5.74) is 0.703. The maximum absolute atomic E-state index is 2.80. The molecule has 3 aliphatic heterocycles. The first-order chi connectivity index (χ1) is 11.4. The zero-order valence-corrected chi connectivity index (χ0v) is 16.5. The molecular formula is C21H39N3. The molecule has 4 fully saturated rings. The number of hydrogen-bond donors (Lipinski definition) is 0. The van der Waals surface area contributed by atoms with Gasteiger partial charge >= 0.3 is 0 Å². The van der Waals surface area contributed by atoms with Gasteiger partial charge in [0.15, 0.2) is 0 Å². The molecule has 24 heavy (non-hydrogen) atoms. The van der Waals surface area contributed by atoms with E-state index in [1.165, 1.54) is 71.5 Å². The number of hydrogen-bond acceptors (Lipinski definition) is 3. The molecule has 0 amide bonds. The monoisotopic (exact) mass is 333 g/mol. The van der Waals surface area contributed by atoms with E-state index < -0.39 is 0 Å². The van der Waals surface area contributed by atoms with Gasteiger partial charge in [0.05, 0.1) is 0 Å². The Morgan fingerprint density at radius 1 is 0.833 bits per heavy atom. The molecule has 1 aliphatic carbocycles. The highest BCUT2D eigenvalue weighted by Crippen LogP contribution is 2.45. The second kappa shape index (κ2) is 6.55. The summed E-state index contributed by atoms with van der Waals surface area (Å²) in [6.45, 7) is 19.1. The Balaban J connectivity index is 1.19. The summed E-state index contributed by atoms with van der Waals surface area (Å²) in [5.74, 6) is 3.03. The number of rotatable bonds is 4. The molecule has 0 radical (unpaired) electrons. The molecule has 3 heteroatoms. The van der Waals surface area contributed by atoms with Crippen LogP contribution in [0.1, 0.15) is 53.4 Å². The molecular weight excluding hydrogens is 294 g/mol. The lowest BCUT2D eigenvalue weighted by atomic mass is 9.71. The third-order valence-electron chi connectivity index (χ3n) is 7.83. The molecule has 1 saturated carbocycles. The summed E-state index contributed by atoms with van der Waals surface area (Å²) < 4.78 is 0. The van der Waals surface area contributed by atoms with Gasteiger partial charge in [0.2, 0.25) is 0 Å². The summed E-state index contributed by atoms with van der Waals surface area (Å²) in [6.07, 6.45) is 5.92. The molecule has 3 nitrogen and oxygen atoms in total. The minimum Gasteiger partial charge on any atom is -0.302 e. The highest BCUT2D eigenvalue weighted by molar-refractivity contribution is 5.00. The average Bonchev–Trinajstić information content (AvgIpc) is 3.04. The Hall–Kier alpha value is -0.120. The van der Waals surface area contributed by atoms with E-state index in [9.17, 15) is 0 Å². The van der Waals surface area contributed by atoms with Gasteiger partial charge in [-0.3, -0.25) is 0 Å². The van der Waals surface area contributed by atoms with Crippen LogP contribution < -0.4 is 0 Å². The summed E-state index contributed by atoms with van der Waals surface area (Å²) in [7, 11) is 0. The van der Waals surface area contributed by atoms with Crippen LogP contribution in [-0.4, -0.2) is 72.6 Å². The van der Waals surface area contributed by atoms with Crippen molar-refractivity contribution in [3.8, 4) is 0 Å². The molecule has 0 N–H and O–H groups in total. The van der Waals surface area contributed by atoms with Crippen molar-refractivity contribution in [2.45, 2.75) is 65.5 Å². The Labute approximate surface area is 149 Å². The Bertz CT molecular complexity index is 416. The van der Waals surface area contributed by atoms with Crippen LogP contribution in [0.4, 0.5) is 0 Å². The van der Waals surface area contributed by atoms with Gasteiger partial charge < -0.3 is 14.7 Å². The fraction of sp³-hybridized carbons (Fsp3) is 1.00. The lowest BCUT2D eigenvalue weighted by molar-refractivity contribution is -0.0578. The smallest absolute Gasteiger partial charge is 0.00516 e. The molecule has 1 spiro atoms. The molecule has 2 unspecified atom stereocenters. The van der Waals surface area contributed by atoms with E-state index in [-0.39, 0.29) is 0 Å². The van der Waals surface area contributed by atoms with Crippen LogP contribution in [-0.2, 0) is 0 Å². The van der Waals surface area contributed by atoms with Gasteiger partial charge in [0.25, 0.3) is 0 Å². The van der Waals surface area contributed by atoms with Crippen LogP contribution in [0.2, 0.25) is 0 Å². The van der Waals surface area contributed by atoms with Gasteiger partial charge in [0, 0.05) is 44.8 Å². The summed E-state index contributed by atoms with van der Waals surface area (Å²) in [6, 6.07) is 1.49. The molecule has 0 bridgehead atoms. The maximum atomic E-state index is 2.80. The second-order valence-electron chi connectivity index (χ2n) is 10.2. The van der Waals surface area contributed by atoms with E-state index in [0.717, 1.165) is 29.8 Å². The Morgan fingerprint density at radius 3 is 1.88 bits per heavy atom. The molecule has 0 aromatic carbocycles.